The molecule has 1 unspecified atom stereocenters. The average Bonchev–Trinajstić information content (AvgIpc) is 3.70. The molecular weight excluding hydrogens is 589 g/mol. The highest BCUT2D eigenvalue weighted by Crippen LogP contribution is 2.56. The summed E-state index contributed by atoms with van der Waals surface area (Å²) in [6, 6.07) is 65.6. The van der Waals surface area contributed by atoms with Gasteiger partial charge in [0.1, 0.15) is 0 Å². The number of hydrogen-bond donors (Lipinski definition) is 0. The zero-order valence-electron chi connectivity index (χ0n) is 27.2. The van der Waals surface area contributed by atoms with Crippen molar-refractivity contribution >= 4 is 32.7 Å². The van der Waals surface area contributed by atoms with Crippen LogP contribution in [-0.2, 0) is 12.8 Å². The van der Waals surface area contributed by atoms with Crippen molar-refractivity contribution in [2.24, 2.45) is 0 Å². The molecule has 0 N–H and O–H groups in total. The smallest absolute Gasteiger partial charge is 0.0358 e. The molecule has 0 heteroatoms. The monoisotopic (exact) mass is 622 g/mol. The zero-order valence-corrected chi connectivity index (χ0v) is 27.2. The van der Waals surface area contributed by atoms with Crippen molar-refractivity contribution < 1.29 is 0 Å². The van der Waals surface area contributed by atoms with E-state index in [1.54, 1.807) is 0 Å². The van der Waals surface area contributed by atoms with Gasteiger partial charge >= 0.3 is 0 Å². The molecule has 49 heavy (non-hydrogen) atoms. The summed E-state index contributed by atoms with van der Waals surface area (Å²) in [5, 5.41) is 5.16. The van der Waals surface area contributed by atoms with E-state index in [0.717, 1.165) is 12.8 Å². The Bertz CT molecular complexity index is 2590. The van der Waals surface area contributed by atoms with Gasteiger partial charge in [0, 0.05) is 5.92 Å². The minimum Gasteiger partial charge on any atom is -0.0622 e. The predicted octanol–water partition coefficient (Wildman–Crippen LogP) is 12.5. The first-order valence-electron chi connectivity index (χ1n) is 17.4. The summed E-state index contributed by atoms with van der Waals surface area (Å²) >= 11 is 0. The van der Waals surface area contributed by atoms with Crippen LogP contribution in [0, 0.1) is 0 Å². The standard InChI is InChI=1S/C49H34/c1-3-14-32(15-4-1)28-46-47-39(33-16-5-2-6-17-33)23-12-27-43(47)48(42-26-13-24-40-38-22-10-9-20-37(38)31-45(40)42)49(46)41-25-11-21-36-29-34-18-7-8-19-35(34)30-44(36)41/h1-27,29-30,48H,28,31H2. The SMILES string of the molecule is c1ccc(CC2=C(c3cccc4cc5ccccc5cc34)C(c3cccc4c3Cc3ccccc3-4)c3cccc(-c4ccccc4)c32)cc1. The number of allylic oxidation sites excluding steroid dienone is 2. The molecule has 0 aliphatic heterocycles. The minimum absolute atomic E-state index is 0.0960. The Morgan fingerprint density at radius 2 is 1.06 bits per heavy atom. The fourth-order valence-electron chi connectivity index (χ4n) is 8.75. The van der Waals surface area contributed by atoms with Crippen molar-refractivity contribution in [3.63, 3.8) is 0 Å². The van der Waals surface area contributed by atoms with Crippen LogP contribution in [-0.4, -0.2) is 0 Å². The van der Waals surface area contributed by atoms with E-state index in [1.807, 2.05) is 0 Å². The van der Waals surface area contributed by atoms with E-state index in [0.29, 0.717) is 0 Å². The molecule has 8 aromatic carbocycles. The molecule has 0 saturated carbocycles. The molecule has 0 fully saturated rings. The summed E-state index contributed by atoms with van der Waals surface area (Å²) in [7, 11) is 0. The largest absolute Gasteiger partial charge is 0.0622 e. The van der Waals surface area contributed by atoms with Gasteiger partial charge in [-0.25, -0.2) is 0 Å². The van der Waals surface area contributed by atoms with Gasteiger partial charge in [-0.15, -0.1) is 0 Å². The van der Waals surface area contributed by atoms with Crippen molar-refractivity contribution in [1.82, 2.24) is 0 Å². The molecule has 2 aliphatic rings. The summed E-state index contributed by atoms with van der Waals surface area (Å²) in [6.45, 7) is 0. The van der Waals surface area contributed by atoms with Gasteiger partial charge in [0.15, 0.2) is 0 Å². The third-order valence-electron chi connectivity index (χ3n) is 10.9. The van der Waals surface area contributed by atoms with Crippen LogP contribution in [0.1, 0.15) is 44.9 Å². The Morgan fingerprint density at radius 3 is 1.90 bits per heavy atom. The fraction of sp³-hybridized carbons (Fsp3) is 0.0612. The molecule has 230 valence electrons. The molecule has 10 rings (SSSR count). The summed E-state index contributed by atoms with van der Waals surface area (Å²) in [4.78, 5) is 0. The molecule has 0 nitrogen and oxygen atoms in total. The Morgan fingerprint density at radius 1 is 0.449 bits per heavy atom. The van der Waals surface area contributed by atoms with E-state index in [2.05, 4.69) is 176 Å². The second-order valence-corrected chi connectivity index (χ2v) is 13.6. The van der Waals surface area contributed by atoms with Crippen LogP contribution in [0.2, 0.25) is 0 Å². The summed E-state index contributed by atoms with van der Waals surface area (Å²) in [5.74, 6) is 0.0960. The van der Waals surface area contributed by atoms with E-state index in [-0.39, 0.29) is 5.92 Å². The number of benzene rings is 8. The van der Waals surface area contributed by atoms with Gasteiger partial charge in [-0.1, -0.05) is 164 Å². The molecule has 0 aromatic heterocycles. The van der Waals surface area contributed by atoms with E-state index in [4.69, 9.17) is 0 Å². The molecule has 0 heterocycles. The number of hydrogen-bond acceptors (Lipinski definition) is 0. The van der Waals surface area contributed by atoms with Crippen LogP contribution in [0.4, 0.5) is 0 Å². The second kappa shape index (κ2) is 11.3. The normalized spacial score (nSPS) is 14.7. The van der Waals surface area contributed by atoms with Crippen molar-refractivity contribution in [3.8, 4) is 22.3 Å². The first kappa shape index (κ1) is 28.1. The minimum atomic E-state index is 0.0960. The quantitative estimate of drug-likeness (QED) is 0.168. The highest BCUT2D eigenvalue weighted by Gasteiger charge is 2.38. The predicted molar refractivity (Wildman–Crippen MR) is 207 cm³/mol. The fourth-order valence-corrected chi connectivity index (χ4v) is 8.75. The van der Waals surface area contributed by atoms with Gasteiger partial charge in [-0.05, 0) is 119 Å². The molecule has 8 aromatic rings. The van der Waals surface area contributed by atoms with E-state index in [9.17, 15) is 0 Å². The molecular formula is C49H34. The van der Waals surface area contributed by atoms with Crippen LogP contribution < -0.4 is 0 Å². The lowest BCUT2D eigenvalue weighted by molar-refractivity contribution is 1.03. The van der Waals surface area contributed by atoms with Crippen LogP contribution in [0.15, 0.2) is 176 Å². The van der Waals surface area contributed by atoms with Gasteiger partial charge in [-0.2, -0.15) is 0 Å². The van der Waals surface area contributed by atoms with Gasteiger partial charge < -0.3 is 0 Å². The maximum absolute atomic E-state index is 2.43. The lowest BCUT2D eigenvalue weighted by Gasteiger charge is -2.23. The number of rotatable bonds is 5. The summed E-state index contributed by atoms with van der Waals surface area (Å²) in [5.41, 5.74) is 18.0. The van der Waals surface area contributed by atoms with E-state index < -0.39 is 0 Å². The van der Waals surface area contributed by atoms with Crippen LogP contribution >= 0.6 is 0 Å². The maximum Gasteiger partial charge on any atom is 0.0358 e. The van der Waals surface area contributed by atoms with Crippen molar-refractivity contribution in [1.29, 1.82) is 0 Å². The Balaban J connectivity index is 1.32. The highest BCUT2D eigenvalue weighted by atomic mass is 14.4. The zero-order chi connectivity index (χ0) is 32.3. The van der Waals surface area contributed by atoms with Crippen molar-refractivity contribution in [2.45, 2.75) is 18.8 Å². The topological polar surface area (TPSA) is 0 Å². The van der Waals surface area contributed by atoms with Crippen molar-refractivity contribution in [2.75, 3.05) is 0 Å². The van der Waals surface area contributed by atoms with E-state index >= 15 is 0 Å². The third kappa shape index (κ3) is 4.52. The lowest BCUT2D eigenvalue weighted by atomic mass is 9.80. The highest BCUT2D eigenvalue weighted by molar-refractivity contribution is 6.12. The van der Waals surface area contributed by atoms with E-state index in [1.165, 1.54) is 93.9 Å². The lowest BCUT2D eigenvalue weighted by Crippen LogP contribution is -2.06. The molecule has 0 spiro atoms. The van der Waals surface area contributed by atoms with Gasteiger partial charge in [0.2, 0.25) is 0 Å². The van der Waals surface area contributed by atoms with Gasteiger partial charge in [-0.3, -0.25) is 0 Å². The molecule has 0 radical (unpaired) electrons. The first-order chi connectivity index (χ1) is 24.3. The molecule has 1 atom stereocenters. The Labute approximate surface area is 287 Å². The molecule has 0 amide bonds. The Kier molecular flexibility index (Phi) is 6.49. The first-order valence-corrected chi connectivity index (χ1v) is 17.4. The summed E-state index contributed by atoms with van der Waals surface area (Å²) in [6.07, 6.45) is 1.83. The maximum atomic E-state index is 2.43. The average molecular weight is 623 g/mol. The van der Waals surface area contributed by atoms with Crippen LogP contribution in [0.3, 0.4) is 0 Å². The molecule has 2 aliphatic carbocycles. The second-order valence-electron chi connectivity index (χ2n) is 13.6. The Hall–Kier alpha value is -5.98. The molecule has 0 saturated heterocycles. The summed E-state index contributed by atoms with van der Waals surface area (Å²) < 4.78 is 0. The number of fused-ring (bicyclic) bond motifs is 6. The van der Waals surface area contributed by atoms with Crippen molar-refractivity contribution in [3.05, 3.63) is 215 Å². The third-order valence-corrected chi connectivity index (χ3v) is 10.9. The van der Waals surface area contributed by atoms with Crippen LogP contribution in [0.25, 0.3) is 54.9 Å². The van der Waals surface area contributed by atoms with Gasteiger partial charge in [0.05, 0.1) is 0 Å². The van der Waals surface area contributed by atoms with Gasteiger partial charge in [0.25, 0.3) is 0 Å². The van der Waals surface area contributed by atoms with Crippen LogP contribution in [0.5, 0.6) is 0 Å². The molecule has 0 bridgehead atoms.